The van der Waals surface area contributed by atoms with Gasteiger partial charge in [0.25, 0.3) is 0 Å². The van der Waals surface area contributed by atoms with Crippen LogP contribution in [0.1, 0.15) is 25.0 Å². The smallest absolute Gasteiger partial charge is 0.408 e. The zero-order valence-corrected chi connectivity index (χ0v) is 20.3. The Bertz CT molecular complexity index is 1210. The summed E-state index contributed by atoms with van der Waals surface area (Å²) in [7, 11) is 0. The average Bonchev–Trinajstić information content (AvgIpc) is 3.24. The van der Waals surface area contributed by atoms with Crippen molar-refractivity contribution in [2.75, 3.05) is 13.1 Å². The molecule has 3 atom stereocenters. The number of ether oxygens (including phenoxy) is 2. The molecule has 8 heteroatoms. The highest BCUT2D eigenvalue weighted by molar-refractivity contribution is 6.34. The third kappa shape index (κ3) is 5.11. The maximum Gasteiger partial charge on any atom is 0.408 e. The second kappa shape index (κ2) is 9.47. The van der Waals surface area contributed by atoms with Gasteiger partial charge >= 0.3 is 6.09 Å². The number of amides is 1. The number of hydrogen-bond donors (Lipinski definition) is 2. The zero-order chi connectivity index (χ0) is 24.6. The van der Waals surface area contributed by atoms with Gasteiger partial charge in [0.15, 0.2) is 0 Å². The maximum atomic E-state index is 13.6. The molecule has 0 radical (unpaired) electrons. The SMILES string of the molecule is CC(C)(NC(=O)OCc1ccccc1)c1cc(OC2[C@H]3CNC[C@@H]23)nc(-c2ccc(F)cc2)c1Cl. The molecule has 2 aromatic carbocycles. The summed E-state index contributed by atoms with van der Waals surface area (Å²) in [6, 6.07) is 17.2. The minimum Gasteiger partial charge on any atom is -0.474 e. The zero-order valence-electron chi connectivity index (χ0n) is 19.6. The lowest BCUT2D eigenvalue weighted by Crippen LogP contribution is -2.41. The van der Waals surface area contributed by atoms with E-state index in [1.807, 2.05) is 44.2 Å². The predicted octanol–water partition coefficient (Wildman–Crippen LogP) is 5.30. The molecule has 0 bridgehead atoms. The second-order valence-corrected chi connectivity index (χ2v) is 9.94. The molecule has 1 saturated carbocycles. The van der Waals surface area contributed by atoms with Crippen LogP contribution in [0, 0.1) is 17.7 Å². The lowest BCUT2D eigenvalue weighted by molar-refractivity contribution is 0.129. The highest BCUT2D eigenvalue weighted by atomic mass is 35.5. The first-order valence-electron chi connectivity index (χ1n) is 11.6. The fraction of sp³-hybridized carbons (Fsp3) is 0.333. The molecular formula is C27H27ClFN3O3. The Balaban J connectivity index is 1.41. The summed E-state index contributed by atoms with van der Waals surface area (Å²) < 4.78 is 25.2. The van der Waals surface area contributed by atoms with Crippen molar-refractivity contribution in [2.45, 2.75) is 32.1 Å². The lowest BCUT2D eigenvalue weighted by atomic mass is 9.93. The quantitative estimate of drug-likeness (QED) is 0.465. The summed E-state index contributed by atoms with van der Waals surface area (Å²) in [5.41, 5.74) is 1.74. The number of alkyl carbamates (subject to hydrolysis) is 1. The van der Waals surface area contributed by atoms with Crippen molar-refractivity contribution in [2.24, 2.45) is 11.8 Å². The molecule has 1 aliphatic heterocycles. The van der Waals surface area contributed by atoms with Crippen LogP contribution in [0.3, 0.4) is 0 Å². The summed E-state index contributed by atoms with van der Waals surface area (Å²) >= 11 is 6.83. The topological polar surface area (TPSA) is 72.5 Å². The van der Waals surface area contributed by atoms with Gasteiger partial charge in [0.1, 0.15) is 18.5 Å². The van der Waals surface area contributed by atoms with E-state index in [1.165, 1.54) is 12.1 Å². The van der Waals surface area contributed by atoms with E-state index in [1.54, 1.807) is 18.2 Å². The Hall–Kier alpha value is -3.16. The van der Waals surface area contributed by atoms with E-state index in [-0.39, 0.29) is 18.5 Å². The Morgan fingerprint density at radius 2 is 1.83 bits per heavy atom. The van der Waals surface area contributed by atoms with Crippen LogP contribution in [0.25, 0.3) is 11.3 Å². The van der Waals surface area contributed by atoms with Gasteiger partial charge in [-0.25, -0.2) is 14.2 Å². The van der Waals surface area contributed by atoms with Gasteiger partial charge in [-0.3, -0.25) is 0 Å². The molecule has 1 aromatic heterocycles. The van der Waals surface area contributed by atoms with Gasteiger partial charge < -0.3 is 20.1 Å². The van der Waals surface area contributed by atoms with Crippen LogP contribution in [0.5, 0.6) is 5.88 Å². The van der Waals surface area contributed by atoms with E-state index in [0.717, 1.165) is 18.7 Å². The van der Waals surface area contributed by atoms with Gasteiger partial charge in [0, 0.05) is 42.1 Å². The number of hydrogen-bond acceptors (Lipinski definition) is 5. The van der Waals surface area contributed by atoms with Crippen LogP contribution in [0.4, 0.5) is 9.18 Å². The normalized spacial score (nSPS) is 20.7. The Kier molecular flexibility index (Phi) is 6.38. The van der Waals surface area contributed by atoms with Gasteiger partial charge in [0.2, 0.25) is 5.88 Å². The van der Waals surface area contributed by atoms with Crippen LogP contribution in [0.15, 0.2) is 60.7 Å². The van der Waals surface area contributed by atoms with E-state index >= 15 is 0 Å². The fourth-order valence-electron chi connectivity index (χ4n) is 4.58. The number of nitrogens with one attached hydrogen (secondary N) is 2. The van der Waals surface area contributed by atoms with Gasteiger partial charge in [-0.05, 0) is 43.7 Å². The lowest BCUT2D eigenvalue weighted by Gasteiger charge is -2.28. The first-order chi connectivity index (χ1) is 16.8. The molecule has 5 rings (SSSR count). The van der Waals surface area contributed by atoms with Crippen molar-refractivity contribution < 1.29 is 18.7 Å². The summed E-state index contributed by atoms with van der Waals surface area (Å²) in [6.07, 6.45) is -0.467. The fourth-order valence-corrected chi connectivity index (χ4v) is 5.02. The third-order valence-electron chi connectivity index (χ3n) is 6.62. The average molecular weight is 496 g/mol. The minimum atomic E-state index is -0.901. The monoisotopic (exact) mass is 495 g/mol. The number of carbonyl (C=O) groups excluding carboxylic acids is 1. The Morgan fingerprint density at radius 1 is 1.14 bits per heavy atom. The molecule has 2 N–H and O–H groups in total. The largest absolute Gasteiger partial charge is 0.474 e. The van der Waals surface area contributed by atoms with Crippen molar-refractivity contribution in [3.8, 4) is 17.1 Å². The third-order valence-corrected chi connectivity index (χ3v) is 7.01. The van der Waals surface area contributed by atoms with E-state index in [2.05, 4.69) is 15.6 Å². The minimum absolute atomic E-state index is 0.103. The van der Waals surface area contributed by atoms with Crippen molar-refractivity contribution in [3.63, 3.8) is 0 Å². The van der Waals surface area contributed by atoms with Gasteiger partial charge in [-0.1, -0.05) is 41.9 Å². The van der Waals surface area contributed by atoms with Crippen LogP contribution >= 0.6 is 11.6 Å². The van der Waals surface area contributed by atoms with Crippen molar-refractivity contribution in [1.82, 2.24) is 15.6 Å². The standard InChI is InChI=1S/C27H27ClFN3O3/c1-27(2,32-26(33)34-15-16-6-4-3-5-7-16)21-12-22(35-25-19-13-30-14-20(19)25)31-24(23(21)28)17-8-10-18(29)11-9-17/h3-12,19-20,25,30H,13-15H2,1-2H3,(H,32,33)/t19-,20+,25?. The molecule has 182 valence electrons. The first-order valence-corrected chi connectivity index (χ1v) is 12.0. The van der Waals surface area contributed by atoms with E-state index in [9.17, 15) is 9.18 Å². The molecule has 1 aliphatic carbocycles. The molecule has 2 fully saturated rings. The number of benzene rings is 2. The number of piperidine rings is 1. The van der Waals surface area contributed by atoms with Crippen molar-refractivity contribution in [1.29, 1.82) is 0 Å². The van der Waals surface area contributed by atoms with Gasteiger partial charge in [0.05, 0.1) is 16.3 Å². The molecule has 6 nitrogen and oxygen atoms in total. The summed E-state index contributed by atoms with van der Waals surface area (Å²) in [6.45, 7) is 5.69. The van der Waals surface area contributed by atoms with E-state index in [0.29, 0.717) is 39.6 Å². The van der Waals surface area contributed by atoms with Crippen LogP contribution in [0.2, 0.25) is 5.02 Å². The Labute approximate surface area is 208 Å². The van der Waals surface area contributed by atoms with Crippen LogP contribution in [-0.2, 0) is 16.9 Å². The number of rotatable bonds is 7. The summed E-state index contributed by atoms with van der Waals surface area (Å²) in [4.78, 5) is 17.3. The highest BCUT2D eigenvalue weighted by Crippen LogP contribution is 2.45. The van der Waals surface area contributed by atoms with E-state index in [4.69, 9.17) is 21.1 Å². The number of carbonyl (C=O) groups is 1. The van der Waals surface area contributed by atoms with Crippen molar-refractivity contribution >= 4 is 17.7 Å². The maximum absolute atomic E-state index is 13.6. The molecule has 0 spiro atoms. The predicted molar refractivity (Wildman–Crippen MR) is 132 cm³/mol. The van der Waals surface area contributed by atoms with Crippen LogP contribution in [-0.4, -0.2) is 30.3 Å². The number of fused-ring (bicyclic) bond motifs is 1. The second-order valence-electron chi connectivity index (χ2n) is 9.56. The molecular weight excluding hydrogens is 469 g/mol. The highest BCUT2D eigenvalue weighted by Gasteiger charge is 2.55. The molecule has 1 unspecified atom stereocenters. The molecule has 2 heterocycles. The van der Waals surface area contributed by atoms with Crippen LogP contribution < -0.4 is 15.4 Å². The first kappa shape index (κ1) is 23.6. The van der Waals surface area contributed by atoms with E-state index < -0.39 is 11.6 Å². The molecule has 1 amide bonds. The summed E-state index contributed by atoms with van der Waals surface area (Å²) in [5, 5.41) is 6.62. The van der Waals surface area contributed by atoms with Gasteiger partial charge in [-0.15, -0.1) is 0 Å². The van der Waals surface area contributed by atoms with Crippen molar-refractivity contribution in [3.05, 3.63) is 82.6 Å². The van der Waals surface area contributed by atoms with Gasteiger partial charge in [-0.2, -0.15) is 0 Å². The number of nitrogens with zero attached hydrogens (tertiary/aromatic N) is 1. The molecule has 3 aromatic rings. The Morgan fingerprint density at radius 3 is 2.51 bits per heavy atom. The molecule has 1 saturated heterocycles. The number of pyridine rings is 1. The summed E-state index contributed by atoms with van der Waals surface area (Å²) in [5.74, 6) is 1.03. The molecule has 2 aliphatic rings. The number of aromatic nitrogens is 1. The molecule has 35 heavy (non-hydrogen) atoms. The number of halogens is 2.